The molecule has 1 aliphatic heterocycles. The number of carbonyl (C=O) groups excluding carboxylic acids is 1. The first kappa shape index (κ1) is 20.2. The number of hydrogen-bond acceptors (Lipinski definition) is 7. The fourth-order valence-electron chi connectivity index (χ4n) is 3.78. The Morgan fingerprint density at radius 2 is 2.20 bits per heavy atom. The highest BCUT2D eigenvalue weighted by atomic mass is 16.5. The lowest BCUT2D eigenvalue weighted by Crippen LogP contribution is -2.42. The molecule has 4 rings (SSSR count). The Morgan fingerprint density at radius 3 is 2.97 bits per heavy atom. The maximum atomic E-state index is 13.2. The highest BCUT2D eigenvalue weighted by Crippen LogP contribution is 2.30. The Bertz CT molecular complexity index is 983. The van der Waals surface area contributed by atoms with E-state index in [1.807, 2.05) is 28.0 Å². The third-order valence-electron chi connectivity index (χ3n) is 5.16. The number of amides is 1. The molecule has 0 bridgehead atoms. The van der Waals surface area contributed by atoms with Crippen molar-refractivity contribution in [3.8, 4) is 17.4 Å². The summed E-state index contributed by atoms with van der Waals surface area (Å²) in [6.07, 6.45) is 4.37. The second-order valence-electron chi connectivity index (χ2n) is 7.33. The number of anilines is 1. The number of benzene rings is 1. The summed E-state index contributed by atoms with van der Waals surface area (Å²) in [6, 6.07) is 9.44. The molecule has 0 N–H and O–H groups in total. The molecule has 0 spiro atoms. The van der Waals surface area contributed by atoms with Gasteiger partial charge in [0, 0.05) is 12.2 Å². The van der Waals surface area contributed by atoms with Crippen LogP contribution in [0.1, 0.15) is 31.2 Å². The second-order valence-corrected chi connectivity index (χ2v) is 7.33. The largest absolute Gasteiger partial charge is 0.497 e. The van der Waals surface area contributed by atoms with Crippen LogP contribution in [0.2, 0.25) is 0 Å². The van der Waals surface area contributed by atoms with Crippen molar-refractivity contribution in [3.63, 3.8) is 0 Å². The van der Waals surface area contributed by atoms with Gasteiger partial charge in [0.1, 0.15) is 5.75 Å². The van der Waals surface area contributed by atoms with Crippen LogP contribution in [0.15, 0.2) is 45.4 Å². The molecule has 8 heteroatoms. The van der Waals surface area contributed by atoms with Crippen LogP contribution in [-0.2, 0) is 17.8 Å². The Morgan fingerprint density at radius 1 is 1.30 bits per heavy atom. The highest BCUT2D eigenvalue weighted by molar-refractivity contribution is 5.96. The lowest BCUT2D eigenvalue weighted by Gasteiger charge is -2.31. The molecule has 3 aromatic rings. The molecule has 0 atom stereocenters. The summed E-state index contributed by atoms with van der Waals surface area (Å²) in [4.78, 5) is 17.1. The van der Waals surface area contributed by atoms with E-state index >= 15 is 0 Å². The Kier molecular flexibility index (Phi) is 6.13. The molecule has 2 aromatic heterocycles. The van der Waals surface area contributed by atoms with Gasteiger partial charge in [-0.1, -0.05) is 6.92 Å². The summed E-state index contributed by atoms with van der Waals surface area (Å²) in [5, 5.41) is 8.15. The molecule has 1 aliphatic rings. The normalized spacial score (nSPS) is 13.5. The first-order chi connectivity index (χ1) is 14.7. The fraction of sp³-hybridized carbons (Fsp3) is 0.409. The Balaban J connectivity index is 1.45. The monoisotopic (exact) mass is 410 g/mol. The zero-order valence-electron chi connectivity index (χ0n) is 17.3. The summed E-state index contributed by atoms with van der Waals surface area (Å²) >= 11 is 0. The molecule has 0 saturated carbocycles. The molecular weight excluding hydrogens is 384 g/mol. The average Bonchev–Trinajstić information content (AvgIpc) is 3.45. The molecule has 30 heavy (non-hydrogen) atoms. The lowest BCUT2D eigenvalue weighted by molar-refractivity contribution is -0.120. The van der Waals surface area contributed by atoms with Gasteiger partial charge >= 0.3 is 0 Å². The predicted octanol–water partition coefficient (Wildman–Crippen LogP) is 3.53. The smallest absolute Gasteiger partial charge is 0.283 e. The van der Waals surface area contributed by atoms with Gasteiger partial charge in [-0.25, -0.2) is 0 Å². The van der Waals surface area contributed by atoms with E-state index in [2.05, 4.69) is 17.1 Å². The molecule has 1 aromatic carbocycles. The molecule has 0 fully saturated rings. The van der Waals surface area contributed by atoms with E-state index in [1.54, 1.807) is 25.5 Å². The van der Waals surface area contributed by atoms with Crippen molar-refractivity contribution >= 4 is 11.6 Å². The van der Waals surface area contributed by atoms with Gasteiger partial charge in [0.25, 0.3) is 5.89 Å². The van der Waals surface area contributed by atoms with Crippen molar-refractivity contribution in [1.29, 1.82) is 0 Å². The van der Waals surface area contributed by atoms with Crippen molar-refractivity contribution in [3.05, 3.63) is 48.0 Å². The average molecular weight is 410 g/mol. The first-order valence-corrected chi connectivity index (χ1v) is 10.2. The lowest BCUT2D eigenvalue weighted by atomic mass is 10.0. The minimum Gasteiger partial charge on any atom is -0.497 e. The van der Waals surface area contributed by atoms with Crippen molar-refractivity contribution in [2.24, 2.45) is 0 Å². The number of aromatic nitrogens is 2. The van der Waals surface area contributed by atoms with E-state index < -0.39 is 0 Å². The van der Waals surface area contributed by atoms with Gasteiger partial charge in [-0.15, -0.1) is 10.2 Å². The van der Waals surface area contributed by atoms with E-state index in [9.17, 15) is 4.79 Å². The van der Waals surface area contributed by atoms with E-state index in [4.69, 9.17) is 13.6 Å². The summed E-state index contributed by atoms with van der Waals surface area (Å²) < 4.78 is 16.3. The SMILES string of the molecule is CCCN(CC(=O)N1CCCc2cc(OC)ccc21)Cc1nnc(-c2ccco2)o1. The molecule has 3 heterocycles. The second kappa shape index (κ2) is 9.13. The topological polar surface area (TPSA) is 84.8 Å². The van der Waals surface area contributed by atoms with Gasteiger partial charge in [0.15, 0.2) is 5.76 Å². The van der Waals surface area contributed by atoms with Gasteiger partial charge in [-0.2, -0.15) is 0 Å². The molecule has 1 amide bonds. The van der Waals surface area contributed by atoms with Crippen molar-refractivity contribution < 1.29 is 18.4 Å². The number of carbonyl (C=O) groups is 1. The molecule has 0 aliphatic carbocycles. The Hall–Kier alpha value is -3.13. The van der Waals surface area contributed by atoms with E-state index in [0.29, 0.717) is 24.1 Å². The van der Waals surface area contributed by atoms with Crippen molar-refractivity contribution in [1.82, 2.24) is 15.1 Å². The van der Waals surface area contributed by atoms with E-state index in [-0.39, 0.29) is 12.5 Å². The van der Waals surface area contributed by atoms with Gasteiger partial charge in [-0.3, -0.25) is 9.69 Å². The summed E-state index contributed by atoms with van der Waals surface area (Å²) in [5.41, 5.74) is 2.12. The minimum absolute atomic E-state index is 0.0698. The van der Waals surface area contributed by atoms with Crippen molar-refractivity contribution in [2.75, 3.05) is 31.6 Å². The summed E-state index contributed by atoms with van der Waals surface area (Å²) in [6.45, 7) is 4.27. The fourth-order valence-corrected chi connectivity index (χ4v) is 3.78. The van der Waals surface area contributed by atoms with Crippen LogP contribution in [0.5, 0.6) is 5.75 Å². The number of methoxy groups -OCH3 is 1. The van der Waals surface area contributed by atoms with Crippen LogP contribution >= 0.6 is 0 Å². The van der Waals surface area contributed by atoms with Gasteiger partial charge in [0.2, 0.25) is 11.8 Å². The van der Waals surface area contributed by atoms with Crippen LogP contribution < -0.4 is 9.64 Å². The standard InChI is InChI=1S/C22H26N4O4/c1-3-10-25(14-20-23-24-22(30-20)19-7-5-12-29-19)15-21(27)26-11-4-6-16-13-17(28-2)8-9-18(16)26/h5,7-9,12-13H,3-4,6,10-11,14-15H2,1-2H3. The van der Waals surface area contributed by atoms with Crippen LogP contribution in [-0.4, -0.2) is 47.7 Å². The number of furan rings is 1. The number of hydrogen-bond donors (Lipinski definition) is 0. The zero-order chi connectivity index (χ0) is 20.9. The van der Waals surface area contributed by atoms with Gasteiger partial charge in [-0.05, 0) is 61.7 Å². The number of ether oxygens (including phenoxy) is 1. The molecule has 158 valence electrons. The number of rotatable bonds is 8. The summed E-state index contributed by atoms with van der Waals surface area (Å²) in [7, 11) is 1.66. The quantitative estimate of drug-likeness (QED) is 0.562. The number of aryl methyl sites for hydroxylation is 1. The molecule has 8 nitrogen and oxygen atoms in total. The zero-order valence-corrected chi connectivity index (χ0v) is 17.3. The van der Waals surface area contributed by atoms with Crippen LogP contribution in [0.4, 0.5) is 5.69 Å². The third kappa shape index (κ3) is 4.38. The highest BCUT2D eigenvalue weighted by Gasteiger charge is 2.25. The first-order valence-electron chi connectivity index (χ1n) is 10.2. The van der Waals surface area contributed by atoms with Crippen LogP contribution in [0.25, 0.3) is 11.7 Å². The van der Waals surface area contributed by atoms with Crippen LogP contribution in [0, 0.1) is 0 Å². The molecule has 0 saturated heterocycles. The molecule has 0 unspecified atom stereocenters. The molecule has 0 radical (unpaired) electrons. The summed E-state index contributed by atoms with van der Waals surface area (Å²) in [5.74, 6) is 2.23. The maximum Gasteiger partial charge on any atom is 0.283 e. The molecular formula is C22H26N4O4. The predicted molar refractivity (Wildman–Crippen MR) is 111 cm³/mol. The number of nitrogens with zero attached hydrogens (tertiary/aromatic N) is 4. The number of fused-ring (bicyclic) bond motifs is 1. The third-order valence-corrected chi connectivity index (χ3v) is 5.16. The maximum absolute atomic E-state index is 13.2. The van der Waals surface area contributed by atoms with E-state index in [1.165, 1.54) is 0 Å². The van der Waals surface area contributed by atoms with Gasteiger partial charge in [0.05, 0.1) is 26.5 Å². The van der Waals surface area contributed by atoms with Gasteiger partial charge < -0.3 is 18.5 Å². The van der Waals surface area contributed by atoms with E-state index in [0.717, 1.165) is 49.4 Å². The van der Waals surface area contributed by atoms with Crippen LogP contribution in [0.3, 0.4) is 0 Å². The Labute approximate surface area is 175 Å². The van der Waals surface area contributed by atoms with Crippen molar-refractivity contribution in [2.45, 2.75) is 32.7 Å². The minimum atomic E-state index is 0.0698.